The summed E-state index contributed by atoms with van der Waals surface area (Å²) in [5.41, 5.74) is 1.35. The van der Waals surface area contributed by atoms with Crippen LogP contribution in [0.15, 0.2) is 36.0 Å². The monoisotopic (exact) mass is 178 g/mol. The van der Waals surface area contributed by atoms with Crippen molar-refractivity contribution in [2.24, 2.45) is 0 Å². The van der Waals surface area contributed by atoms with Crippen LogP contribution < -0.4 is 0 Å². The largest absolute Gasteiger partial charge is 0.295 e. The second-order valence-electron chi connectivity index (χ2n) is 3.26. The van der Waals surface area contributed by atoms with E-state index in [1.807, 2.05) is 6.08 Å². The summed E-state index contributed by atoms with van der Waals surface area (Å²) in [6.07, 6.45) is 11.7. The van der Waals surface area contributed by atoms with Gasteiger partial charge in [0.15, 0.2) is 5.78 Å². The van der Waals surface area contributed by atoms with Crippen molar-refractivity contribution in [1.29, 1.82) is 0 Å². The second-order valence-corrected chi connectivity index (χ2v) is 3.26. The fourth-order valence-corrected chi connectivity index (χ4v) is 0.834. The Labute approximate surface area is 80.8 Å². The van der Waals surface area contributed by atoms with E-state index in [2.05, 4.69) is 26.0 Å². The molecule has 72 valence electrons. The third kappa shape index (κ3) is 10.9. The third-order valence-electron chi connectivity index (χ3n) is 1.46. The van der Waals surface area contributed by atoms with Gasteiger partial charge in [0, 0.05) is 0 Å². The van der Waals surface area contributed by atoms with E-state index in [1.54, 1.807) is 19.1 Å². The molecular weight excluding hydrogens is 160 g/mol. The van der Waals surface area contributed by atoms with Gasteiger partial charge in [-0.1, -0.05) is 29.9 Å². The molecule has 0 heterocycles. The lowest BCUT2D eigenvalue weighted by Gasteiger charge is -1.88. The number of unbranched alkanes of at least 4 members (excludes halogenated alkanes) is 1. The Hall–Kier alpha value is -1.11. The van der Waals surface area contributed by atoms with Crippen LogP contribution in [0.3, 0.4) is 0 Å². The molecule has 0 atom stereocenters. The molecule has 0 bridgehead atoms. The van der Waals surface area contributed by atoms with Crippen LogP contribution in [0.4, 0.5) is 0 Å². The summed E-state index contributed by atoms with van der Waals surface area (Å²) in [4.78, 5) is 10.5. The molecule has 0 amide bonds. The minimum atomic E-state index is 0.0916. The maximum Gasteiger partial charge on any atom is 0.152 e. The highest BCUT2D eigenvalue weighted by Gasteiger charge is 1.79. The molecule has 0 aliphatic carbocycles. The Balaban J connectivity index is 3.54. The van der Waals surface area contributed by atoms with Crippen molar-refractivity contribution in [3.63, 3.8) is 0 Å². The molecule has 0 rings (SSSR count). The molecule has 1 nitrogen and oxygen atoms in total. The van der Waals surface area contributed by atoms with Crippen molar-refractivity contribution in [2.75, 3.05) is 0 Å². The summed E-state index contributed by atoms with van der Waals surface area (Å²) in [6.45, 7) is 5.74. The Morgan fingerprint density at radius 3 is 2.31 bits per heavy atom. The van der Waals surface area contributed by atoms with Crippen LogP contribution in [-0.4, -0.2) is 5.78 Å². The molecule has 0 saturated carbocycles. The van der Waals surface area contributed by atoms with Gasteiger partial charge in [-0.3, -0.25) is 4.79 Å². The van der Waals surface area contributed by atoms with Crippen molar-refractivity contribution in [2.45, 2.75) is 33.6 Å². The van der Waals surface area contributed by atoms with Crippen LogP contribution in [-0.2, 0) is 4.79 Å². The zero-order valence-electron chi connectivity index (χ0n) is 8.71. The third-order valence-corrected chi connectivity index (χ3v) is 1.46. The number of carbonyl (C=O) groups excluding carboxylic acids is 1. The summed E-state index contributed by atoms with van der Waals surface area (Å²) in [7, 11) is 0. The van der Waals surface area contributed by atoms with Gasteiger partial charge in [0.1, 0.15) is 0 Å². The fourth-order valence-electron chi connectivity index (χ4n) is 0.834. The highest BCUT2D eigenvalue weighted by Crippen LogP contribution is 1.97. The van der Waals surface area contributed by atoms with Crippen LogP contribution in [0.2, 0.25) is 0 Å². The molecule has 1 heteroatoms. The van der Waals surface area contributed by atoms with E-state index in [0.29, 0.717) is 0 Å². The minimum absolute atomic E-state index is 0.0916. The first kappa shape index (κ1) is 11.9. The number of hydrogen-bond donors (Lipinski definition) is 0. The van der Waals surface area contributed by atoms with Crippen molar-refractivity contribution in [1.82, 2.24) is 0 Å². The highest BCUT2D eigenvalue weighted by atomic mass is 16.1. The van der Waals surface area contributed by atoms with E-state index in [4.69, 9.17) is 0 Å². The van der Waals surface area contributed by atoms with Gasteiger partial charge in [-0.15, -0.1) is 0 Å². The fraction of sp³-hybridized carbons (Fsp3) is 0.417. The summed E-state index contributed by atoms with van der Waals surface area (Å²) < 4.78 is 0. The number of carbonyl (C=O) groups is 1. The Morgan fingerprint density at radius 2 is 1.77 bits per heavy atom. The van der Waals surface area contributed by atoms with Crippen LogP contribution in [0.25, 0.3) is 0 Å². The first-order chi connectivity index (χ1) is 6.13. The van der Waals surface area contributed by atoms with Crippen LogP contribution in [0.5, 0.6) is 0 Å². The molecular formula is C12H18O. The van der Waals surface area contributed by atoms with Gasteiger partial charge in [-0.2, -0.15) is 0 Å². The van der Waals surface area contributed by atoms with Gasteiger partial charge in [0.2, 0.25) is 0 Å². The van der Waals surface area contributed by atoms with Gasteiger partial charge >= 0.3 is 0 Å². The van der Waals surface area contributed by atoms with Gasteiger partial charge in [0.25, 0.3) is 0 Å². The lowest BCUT2D eigenvalue weighted by Crippen LogP contribution is -1.77. The first-order valence-corrected chi connectivity index (χ1v) is 4.60. The Kier molecular flexibility index (Phi) is 6.89. The Bertz CT molecular complexity index is 228. The normalized spacial score (nSPS) is 11.0. The van der Waals surface area contributed by atoms with Crippen molar-refractivity contribution < 1.29 is 4.79 Å². The van der Waals surface area contributed by atoms with Crippen LogP contribution >= 0.6 is 0 Å². The summed E-state index contributed by atoms with van der Waals surface area (Å²) in [5, 5.41) is 0. The summed E-state index contributed by atoms with van der Waals surface area (Å²) >= 11 is 0. The van der Waals surface area contributed by atoms with E-state index < -0.39 is 0 Å². The van der Waals surface area contributed by atoms with E-state index in [9.17, 15) is 4.79 Å². The quantitative estimate of drug-likeness (QED) is 0.273. The second kappa shape index (κ2) is 7.53. The van der Waals surface area contributed by atoms with E-state index in [-0.39, 0.29) is 5.78 Å². The average molecular weight is 178 g/mol. The molecule has 0 aliphatic rings. The van der Waals surface area contributed by atoms with E-state index in [1.165, 1.54) is 5.57 Å². The topological polar surface area (TPSA) is 17.1 Å². The summed E-state index contributed by atoms with van der Waals surface area (Å²) in [6, 6.07) is 0. The molecule has 0 saturated heterocycles. The highest BCUT2D eigenvalue weighted by molar-refractivity contribution is 5.87. The molecule has 0 aromatic carbocycles. The predicted molar refractivity (Wildman–Crippen MR) is 57.6 cm³/mol. The van der Waals surface area contributed by atoms with Crippen molar-refractivity contribution in [3.8, 4) is 0 Å². The number of hydrogen-bond acceptors (Lipinski definition) is 1. The van der Waals surface area contributed by atoms with Gasteiger partial charge in [-0.05, 0) is 39.7 Å². The van der Waals surface area contributed by atoms with Crippen LogP contribution in [0, 0.1) is 0 Å². The maximum atomic E-state index is 10.5. The Morgan fingerprint density at radius 1 is 1.08 bits per heavy atom. The standard InChI is InChI=1S/C12H18O/c1-11(2)9-7-5-4-6-8-10-12(3)13/h4,6,8-10H,5,7H2,1-3H3. The molecule has 0 radical (unpaired) electrons. The van der Waals surface area contributed by atoms with E-state index >= 15 is 0 Å². The minimum Gasteiger partial charge on any atom is -0.295 e. The lowest BCUT2D eigenvalue weighted by atomic mass is 10.2. The zero-order chi connectivity index (χ0) is 10.1. The smallest absolute Gasteiger partial charge is 0.152 e. The van der Waals surface area contributed by atoms with Gasteiger partial charge < -0.3 is 0 Å². The van der Waals surface area contributed by atoms with Crippen molar-refractivity contribution >= 4 is 5.78 Å². The van der Waals surface area contributed by atoms with Crippen LogP contribution in [0.1, 0.15) is 33.6 Å². The molecule has 0 N–H and O–H groups in total. The zero-order valence-corrected chi connectivity index (χ0v) is 8.71. The molecule has 0 unspecified atom stereocenters. The maximum absolute atomic E-state index is 10.5. The van der Waals surface area contributed by atoms with Gasteiger partial charge in [0.05, 0.1) is 0 Å². The molecule has 13 heavy (non-hydrogen) atoms. The number of ketones is 1. The molecule has 0 fully saturated rings. The summed E-state index contributed by atoms with van der Waals surface area (Å²) in [5.74, 6) is 0.0916. The molecule has 0 aromatic heterocycles. The van der Waals surface area contributed by atoms with E-state index in [0.717, 1.165) is 12.8 Å². The lowest BCUT2D eigenvalue weighted by molar-refractivity contribution is -0.112. The molecule has 0 aliphatic heterocycles. The number of rotatable bonds is 5. The number of allylic oxidation sites excluding steroid dienone is 6. The predicted octanol–water partition coefficient (Wildman–Crippen LogP) is 3.43. The average Bonchev–Trinajstić information content (AvgIpc) is 2.01. The SMILES string of the molecule is CC(=O)C=CC=CCCC=C(C)C. The first-order valence-electron chi connectivity index (χ1n) is 4.60. The van der Waals surface area contributed by atoms with Gasteiger partial charge in [-0.25, -0.2) is 0 Å². The van der Waals surface area contributed by atoms with Crippen molar-refractivity contribution in [3.05, 3.63) is 36.0 Å². The molecule has 0 aromatic rings. The molecule has 0 spiro atoms.